The Bertz CT molecular complexity index is 511. The van der Waals surface area contributed by atoms with Crippen LogP contribution >= 0.6 is 0 Å². The molecule has 0 aromatic heterocycles. The molecule has 1 rings (SSSR count). The van der Waals surface area contributed by atoms with Gasteiger partial charge in [-0.2, -0.15) is 22.0 Å². The fourth-order valence-electron chi connectivity index (χ4n) is 1.57. The molecule has 1 unspecified atom stereocenters. The van der Waals surface area contributed by atoms with E-state index in [9.17, 15) is 26.7 Å². The third-order valence-electron chi connectivity index (χ3n) is 3.25. The molecule has 0 spiro atoms. The zero-order valence-corrected chi connectivity index (χ0v) is 12.6. The fraction of sp³-hybridized carbons (Fsp3) is 0.533. The summed E-state index contributed by atoms with van der Waals surface area (Å²) in [5, 5.41) is 0. The third-order valence-corrected chi connectivity index (χ3v) is 3.25. The Balaban J connectivity index is 2.45. The van der Waals surface area contributed by atoms with Gasteiger partial charge in [-0.3, -0.25) is 0 Å². The number of hydrogen-bond donors (Lipinski definition) is 0. The largest absolute Gasteiger partial charge is 0.482 e. The van der Waals surface area contributed by atoms with Gasteiger partial charge in [-0.15, -0.1) is 0 Å². The summed E-state index contributed by atoms with van der Waals surface area (Å²) in [7, 11) is 0. The Labute approximate surface area is 130 Å². The van der Waals surface area contributed by atoms with Crippen molar-refractivity contribution in [1.82, 2.24) is 0 Å². The van der Waals surface area contributed by atoms with Gasteiger partial charge in [0, 0.05) is 0 Å². The molecule has 0 N–H and O–H groups in total. The summed E-state index contributed by atoms with van der Waals surface area (Å²) in [6.07, 6.45) is -4.82. The summed E-state index contributed by atoms with van der Waals surface area (Å²) in [5.74, 6) is -5.75. The van der Waals surface area contributed by atoms with Crippen molar-refractivity contribution in [2.45, 2.75) is 38.3 Å². The van der Waals surface area contributed by atoms with Crippen molar-refractivity contribution in [2.75, 3.05) is 13.2 Å². The highest BCUT2D eigenvalue weighted by Crippen LogP contribution is 2.35. The van der Waals surface area contributed by atoms with Gasteiger partial charge in [0.1, 0.15) is 5.75 Å². The van der Waals surface area contributed by atoms with Gasteiger partial charge in [0.2, 0.25) is 0 Å². The first kappa shape index (κ1) is 19.2. The quantitative estimate of drug-likeness (QED) is 0.548. The SMILES string of the molecule is CCC(C)c1ccc(OCC(=O)OCC(F)(F)C(F)(F)F)cc1. The summed E-state index contributed by atoms with van der Waals surface area (Å²) < 4.78 is 69.7. The molecule has 3 nitrogen and oxygen atoms in total. The smallest absolute Gasteiger partial charge is 0.456 e. The van der Waals surface area contributed by atoms with Crippen molar-refractivity contribution >= 4 is 5.97 Å². The minimum Gasteiger partial charge on any atom is -0.482 e. The van der Waals surface area contributed by atoms with Crippen LogP contribution in [0.3, 0.4) is 0 Å². The van der Waals surface area contributed by atoms with Gasteiger partial charge in [0.05, 0.1) is 0 Å². The lowest BCUT2D eigenvalue weighted by Gasteiger charge is -2.19. The van der Waals surface area contributed by atoms with Gasteiger partial charge in [-0.1, -0.05) is 26.0 Å². The fourth-order valence-corrected chi connectivity index (χ4v) is 1.57. The average molecular weight is 340 g/mol. The van der Waals surface area contributed by atoms with Crippen LogP contribution in [0.15, 0.2) is 24.3 Å². The number of ether oxygens (including phenoxy) is 2. The van der Waals surface area contributed by atoms with Crippen LogP contribution in [0.4, 0.5) is 22.0 Å². The van der Waals surface area contributed by atoms with Crippen LogP contribution < -0.4 is 4.74 Å². The van der Waals surface area contributed by atoms with E-state index >= 15 is 0 Å². The molecule has 0 bridgehead atoms. The highest BCUT2D eigenvalue weighted by Gasteiger charge is 2.58. The van der Waals surface area contributed by atoms with Crippen LogP contribution in [0, 0.1) is 0 Å². The average Bonchev–Trinajstić information content (AvgIpc) is 2.49. The van der Waals surface area contributed by atoms with Crippen LogP contribution in [-0.2, 0) is 9.53 Å². The Morgan fingerprint density at radius 1 is 1.13 bits per heavy atom. The molecule has 0 saturated carbocycles. The molecule has 0 amide bonds. The van der Waals surface area contributed by atoms with Crippen molar-refractivity contribution in [1.29, 1.82) is 0 Å². The lowest BCUT2D eigenvalue weighted by atomic mass is 9.99. The molecule has 0 radical (unpaired) electrons. The first-order chi connectivity index (χ1) is 10.6. The second-order valence-corrected chi connectivity index (χ2v) is 5.03. The molecular weight excluding hydrogens is 323 g/mol. The Hall–Kier alpha value is -1.86. The second kappa shape index (κ2) is 7.61. The zero-order valence-electron chi connectivity index (χ0n) is 12.6. The van der Waals surface area contributed by atoms with Crippen molar-refractivity contribution in [2.24, 2.45) is 0 Å². The van der Waals surface area contributed by atoms with Crippen LogP contribution in [0.25, 0.3) is 0 Å². The van der Waals surface area contributed by atoms with Crippen molar-refractivity contribution in [3.05, 3.63) is 29.8 Å². The summed E-state index contributed by atoms with van der Waals surface area (Å²) in [5.41, 5.74) is 1.06. The molecule has 0 heterocycles. The Morgan fingerprint density at radius 3 is 2.17 bits per heavy atom. The molecule has 8 heteroatoms. The van der Waals surface area contributed by atoms with Gasteiger partial charge in [-0.25, -0.2) is 4.79 Å². The van der Waals surface area contributed by atoms with E-state index in [-0.39, 0.29) is 5.75 Å². The maximum Gasteiger partial charge on any atom is 0.456 e. The van der Waals surface area contributed by atoms with Gasteiger partial charge in [-0.05, 0) is 30.0 Å². The number of carbonyl (C=O) groups excluding carboxylic acids is 1. The molecule has 1 atom stereocenters. The monoisotopic (exact) mass is 340 g/mol. The number of carbonyl (C=O) groups is 1. The molecule has 0 fully saturated rings. The number of alkyl halides is 5. The zero-order chi connectivity index (χ0) is 17.7. The number of hydrogen-bond acceptors (Lipinski definition) is 3. The van der Waals surface area contributed by atoms with Crippen molar-refractivity contribution < 1.29 is 36.2 Å². The van der Waals surface area contributed by atoms with E-state index in [1.165, 1.54) is 0 Å². The maximum atomic E-state index is 12.6. The van der Waals surface area contributed by atoms with E-state index in [1.54, 1.807) is 24.3 Å². The molecule has 1 aromatic rings. The number of rotatable bonds is 7. The molecule has 130 valence electrons. The van der Waals surface area contributed by atoms with Gasteiger partial charge in [0.15, 0.2) is 13.2 Å². The normalized spacial score (nSPS) is 13.5. The van der Waals surface area contributed by atoms with E-state index in [4.69, 9.17) is 4.74 Å². The predicted octanol–water partition coefficient (Wildman–Crippen LogP) is 4.32. The van der Waals surface area contributed by atoms with E-state index in [0.29, 0.717) is 5.92 Å². The van der Waals surface area contributed by atoms with Gasteiger partial charge in [0.25, 0.3) is 0 Å². The summed E-state index contributed by atoms with van der Waals surface area (Å²) in [4.78, 5) is 11.2. The standard InChI is InChI=1S/C15H17F5O3/c1-3-10(2)11-4-6-12(7-5-11)22-8-13(21)23-9-14(16,17)15(18,19)20/h4-7,10H,3,8-9H2,1-2H3. The number of esters is 1. The minimum atomic E-state index is -5.76. The van der Waals surface area contributed by atoms with Crippen LogP contribution in [0.1, 0.15) is 31.7 Å². The second-order valence-electron chi connectivity index (χ2n) is 5.03. The summed E-state index contributed by atoms with van der Waals surface area (Å²) >= 11 is 0. The Morgan fingerprint density at radius 2 is 1.70 bits per heavy atom. The number of benzene rings is 1. The molecule has 0 aliphatic heterocycles. The van der Waals surface area contributed by atoms with Crippen molar-refractivity contribution in [3.63, 3.8) is 0 Å². The third kappa shape index (κ3) is 5.69. The van der Waals surface area contributed by atoms with Gasteiger partial charge < -0.3 is 9.47 Å². The lowest BCUT2D eigenvalue weighted by molar-refractivity contribution is -0.294. The van der Waals surface area contributed by atoms with Crippen LogP contribution in [-0.4, -0.2) is 31.3 Å². The Kier molecular flexibility index (Phi) is 6.35. The summed E-state index contributed by atoms with van der Waals surface area (Å²) in [6.45, 7) is 1.25. The molecule has 0 saturated heterocycles. The lowest BCUT2D eigenvalue weighted by Crippen LogP contribution is -2.41. The van der Waals surface area contributed by atoms with E-state index in [0.717, 1.165) is 12.0 Å². The molecule has 0 aliphatic rings. The molecule has 1 aromatic carbocycles. The highest BCUT2D eigenvalue weighted by molar-refractivity contribution is 5.71. The first-order valence-corrected chi connectivity index (χ1v) is 6.89. The van der Waals surface area contributed by atoms with E-state index < -0.39 is 31.3 Å². The maximum absolute atomic E-state index is 12.6. The summed E-state index contributed by atoms with van der Waals surface area (Å²) in [6, 6.07) is 6.73. The number of halogens is 5. The van der Waals surface area contributed by atoms with Crippen LogP contribution in [0.2, 0.25) is 0 Å². The van der Waals surface area contributed by atoms with Crippen LogP contribution in [0.5, 0.6) is 5.75 Å². The molecule has 23 heavy (non-hydrogen) atoms. The van der Waals surface area contributed by atoms with Gasteiger partial charge >= 0.3 is 18.1 Å². The molecule has 0 aliphatic carbocycles. The highest BCUT2D eigenvalue weighted by atomic mass is 19.4. The molecular formula is C15H17F5O3. The van der Waals surface area contributed by atoms with Crippen molar-refractivity contribution in [3.8, 4) is 5.75 Å². The van der Waals surface area contributed by atoms with E-state index in [2.05, 4.69) is 4.74 Å². The topological polar surface area (TPSA) is 35.5 Å². The predicted molar refractivity (Wildman–Crippen MR) is 72.6 cm³/mol. The minimum absolute atomic E-state index is 0.289. The van der Waals surface area contributed by atoms with E-state index in [1.807, 2.05) is 13.8 Å². The first-order valence-electron chi connectivity index (χ1n) is 6.89.